The minimum atomic E-state index is -0.109. The van der Waals surface area contributed by atoms with E-state index < -0.39 is 0 Å². The lowest BCUT2D eigenvalue weighted by molar-refractivity contribution is 0.151. The average molecular weight is 376 g/mol. The summed E-state index contributed by atoms with van der Waals surface area (Å²) < 4.78 is 6.05. The van der Waals surface area contributed by atoms with Crippen LogP contribution in [0.3, 0.4) is 0 Å². The summed E-state index contributed by atoms with van der Waals surface area (Å²) >= 11 is 1.65. The van der Waals surface area contributed by atoms with Gasteiger partial charge in [-0.25, -0.2) is 4.98 Å². The summed E-state index contributed by atoms with van der Waals surface area (Å²) in [6.45, 7) is 0.708. The van der Waals surface area contributed by atoms with Gasteiger partial charge in [-0.15, -0.1) is 11.3 Å². The molecule has 1 unspecified atom stereocenters. The van der Waals surface area contributed by atoms with E-state index in [1.54, 1.807) is 11.3 Å². The van der Waals surface area contributed by atoms with Crippen LogP contribution in [0.2, 0.25) is 0 Å². The number of anilines is 1. The van der Waals surface area contributed by atoms with Gasteiger partial charge in [-0.05, 0) is 42.2 Å². The van der Waals surface area contributed by atoms with E-state index in [4.69, 9.17) is 10.5 Å². The number of thiazole rings is 1. The number of hydrogen-bond acceptors (Lipinski definition) is 6. The van der Waals surface area contributed by atoms with Gasteiger partial charge in [-0.1, -0.05) is 24.3 Å². The van der Waals surface area contributed by atoms with Crippen molar-refractivity contribution in [2.24, 2.45) is 10.7 Å². The number of nitrogens with one attached hydrogen (secondary N) is 1. The normalized spacial score (nSPS) is 20.4. The average Bonchev–Trinajstić information content (AvgIpc) is 3.35. The number of ether oxygens (including phenoxy) is 1. The number of fused-ring (bicyclic) bond motifs is 2. The number of rotatable bonds is 4. The second kappa shape index (κ2) is 6.70. The summed E-state index contributed by atoms with van der Waals surface area (Å²) in [6.07, 6.45) is 3.86. The standard InChI is InChI=1S/C21H20N4OS/c22-21-25-18-8-6-14(24-12-19-23-9-10-27-19)11-17(18)20(26-21)16-7-5-13-3-1-2-4-15(13)16/h1-4,6,8-11,16,20,24H,5,7,12H2,(H2,22,25)/t16?,20-/m1/s1. The van der Waals surface area contributed by atoms with Crippen molar-refractivity contribution in [1.82, 2.24) is 4.98 Å². The molecule has 1 aromatic heterocycles. The van der Waals surface area contributed by atoms with Crippen molar-refractivity contribution >= 4 is 28.7 Å². The summed E-state index contributed by atoms with van der Waals surface area (Å²) in [5.74, 6) is 0.295. The monoisotopic (exact) mass is 376 g/mol. The molecule has 2 heterocycles. The van der Waals surface area contributed by atoms with Gasteiger partial charge in [-0.2, -0.15) is 4.99 Å². The molecule has 3 aromatic rings. The van der Waals surface area contributed by atoms with Crippen LogP contribution in [0.1, 0.15) is 40.1 Å². The molecule has 5 nitrogen and oxygen atoms in total. The second-order valence-corrected chi connectivity index (χ2v) is 7.86. The third-order valence-electron chi connectivity index (χ3n) is 5.28. The van der Waals surface area contributed by atoms with Gasteiger partial charge in [0.1, 0.15) is 11.1 Å². The van der Waals surface area contributed by atoms with Gasteiger partial charge in [0.2, 0.25) is 0 Å². The Morgan fingerprint density at radius 2 is 2.11 bits per heavy atom. The zero-order valence-electron chi connectivity index (χ0n) is 14.8. The predicted molar refractivity (Wildman–Crippen MR) is 108 cm³/mol. The molecule has 2 atom stereocenters. The second-order valence-electron chi connectivity index (χ2n) is 6.89. The first kappa shape index (κ1) is 16.3. The highest BCUT2D eigenvalue weighted by Crippen LogP contribution is 2.47. The number of nitrogens with zero attached hydrogens (tertiary/aromatic N) is 2. The summed E-state index contributed by atoms with van der Waals surface area (Å²) in [7, 11) is 0. The van der Waals surface area contributed by atoms with Crippen LogP contribution >= 0.6 is 11.3 Å². The van der Waals surface area contributed by atoms with Crippen LogP contribution in [-0.4, -0.2) is 11.0 Å². The SMILES string of the molecule is NC1=Nc2ccc(NCc3nccs3)cc2[C@@H](C2CCc3ccccc32)O1. The van der Waals surface area contributed by atoms with E-state index >= 15 is 0 Å². The molecular formula is C21H20N4OS. The van der Waals surface area contributed by atoms with Crippen molar-refractivity contribution < 1.29 is 4.74 Å². The van der Waals surface area contributed by atoms with Crippen LogP contribution in [0.15, 0.2) is 59.0 Å². The fraction of sp³-hybridized carbons (Fsp3) is 0.238. The van der Waals surface area contributed by atoms with Gasteiger partial charge in [0, 0.05) is 28.7 Å². The molecule has 0 bridgehead atoms. The Kier molecular flexibility index (Phi) is 4.05. The van der Waals surface area contributed by atoms with Crippen LogP contribution in [0.25, 0.3) is 0 Å². The summed E-state index contributed by atoms with van der Waals surface area (Å²) in [5, 5.41) is 6.50. The number of aliphatic imine (C=N–C) groups is 1. The van der Waals surface area contributed by atoms with Gasteiger partial charge < -0.3 is 15.8 Å². The molecule has 0 saturated heterocycles. The Bertz CT molecular complexity index is 999. The van der Waals surface area contributed by atoms with Gasteiger partial charge >= 0.3 is 0 Å². The van der Waals surface area contributed by atoms with Gasteiger partial charge in [0.15, 0.2) is 0 Å². The number of nitrogens with two attached hydrogens (primary N) is 1. The Hall–Kier alpha value is -2.86. The molecule has 0 amide bonds. The van der Waals surface area contributed by atoms with Crippen molar-refractivity contribution in [1.29, 1.82) is 0 Å². The van der Waals surface area contributed by atoms with Crippen molar-refractivity contribution in [3.05, 3.63) is 75.7 Å². The smallest absolute Gasteiger partial charge is 0.287 e. The van der Waals surface area contributed by atoms with Crippen LogP contribution < -0.4 is 11.1 Å². The molecule has 6 heteroatoms. The molecule has 0 fully saturated rings. The van der Waals surface area contributed by atoms with E-state index in [1.807, 2.05) is 23.7 Å². The van der Waals surface area contributed by atoms with E-state index in [2.05, 4.69) is 45.6 Å². The molecule has 27 heavy (non-hydrogen) atoms. The lowest BCUT2D eigenvalue weighted by Crippen LogP contribution is -2.26. The van der Waals surface area contributed by atoms with E-state index in [0.717, 1.165) is 34.8 Å². The topological polar surface area (TPSA) is 72.5 Å². The fourth-order valence-corrected chi connectivity index (χ4v) is 4.61. The van der Waals surface area contributed by atoms with E-state index in [1.165, 1.54) is 11.1 Å². The van der Waals surface area contributed by atoms with Gasteiger partial charge in [-0.3, -0.25) is 0 Å². The minimum absolute atomic E-state index is 0.109. The zero-order chi connectivity index (χ0) is 18.2. The number of aromatic nitrogens is 1. The first-order valence-electron chi connectivity index (χ1n) is 9.13. The van der Waals surface area contributed by atoms with Crippen molar-refractivity contribution in [3.63, 3.8) is 0 Å². The fourth-order valence-electron chi connectivity index (χ4n) is 4.05. The van der Waals surface area contributed by atoms with Crippen LogP contribution in [0, 0.1) is 0 Å². The van der Waals surface area contributed by atoms with Crippen LogP contribution in [0.4, 0.5) is 11.4 Å². The Morgan fingerprint density at radius 3 is 3.00 bits per heavy atom. The lowest BCUT2D eigenvalue weighted by Gasteiger charge is -2.30. The highest BCUT2D eigenvalue weighted by Gasteiger charge is 2.35. The molecule has 136 valence electrons. The summed E-state index contributed by atoms with van der Waals surface area (Å²) in [4.78, 5) is 8.73. The lowest BCUT2D eigenvalue weighted by atomic mass is 9.89. The predicted octanol–water partition coefficient (Wildman–Crippen LogP) is 4.50. The maximum absolute atomic E-state index is 6.05. The Labute approximate surface area is 161 Å². The number of hydrogen-bond donors (Lipinski definition) is 2. The molecule has 5 rings (SSSR count). The maximum Gasteiger partial charge on any atom is 0.287 e. The first-order chi connectivity index (χ1) is 13.3. The Balaban J connectivity index is 1.47. The van der Waals surface area contributed by atoms with Gasteiger partial charge in [0.05, 0.1) is 12.2 Å². The van der Waals surface area contributed by atoms with Crippen molar-refractivity contribution in [3.8, 4) is 0 Å². The molecule has 2 aromatic carbocycles. The highest BCUT2D eigenvalue weighted by atomic mass is 32.1. The minimum Gasteiger partial charge on any atom is -0.456 e. The summed E-state index contributed by atoms with van der Waals surface area (Å²) in [6, 6.07) is 15.1. The molecule has 0 saturated carbocycles. The van der Waals surface area contributed by atoms with Crippen LogP contribution in [-0.2, 0) is 17.7 Å². The largest absolute Gasteiger partial charge is 0.456 e. The molecule has 1 aliphatic heterocycles. The van der Waals surface area contributed by atoms with E-state index in [9.17, 15) is 0 Å². The summed E-state index contributed by atoms with van der Waals surface area (Å²) in [5.41, 5.74) is 11.8. The van der Waals surface area contributed by atoms with Gasteiger partial charge in [0.25, 0.3) is 6.02 Å². The molecule has 0 spiro atoms. The first-order valence-corrected chi connectivity index (χ1v) is 10.0. The molecule has 3 N–H and O–H groups in total. The van der Waals surface area contributed by atoms with Crippen molar-refractivity contribution in [2.45, 2.75) is 31.4 Å². The van der Waals surface area contributed by atoms with E-state index in [0.29, 0.717) is 12.5 Å². The quantitative estimate of drug-likeness (QED) is 0.703. The Morgan fingerprint density at radius 1 is 1.19 bits per heavy atom. The van der Waals surface area contributed by atoms with Crippen molar-refractivity contribution in [2.75, 3.05) is 5.32 Å². The number of amidine groups is 1. The zero-order valence-corrected chi connectivity index (χ0v) is 15.6. The molecule has 2 aliphatic rings. The van der Waals surface area contributed by atoms with Crippen LogP contribution in [0.5, 0.6) is 0 Å². The maximum atomic E-state index is 6.05. The highest BCUT2D eigenvalue weighted by molar-refractivity contribution is 7.09. The van der Waals surface area contributed by atoms with E-state index in [-0.39, 0.29) is 12.1 Å². The number of benzene rings is 2. The number of aryl methyl sites for hydroxylation is 1. The molecule has 1 aliphatic carbocycles. The third-order valence-corrected chi connectivity index (χ3v) is 6.06. The third kappa shape index (κ3) is 3.06. The molecule has 0 radical (unpaired) electrons. The molecular weight excluding hydrogens is 356 g/mol.